The zero-order chi connectivity index (χ0) is 15.2. The van der Waals surface area contributed by atoms with Crippen molar-refractivity contribution in [2.24, 2.45) is 0 Å². The van der Waals surface area contributed by atoms with Gasteiger partial charge in [0, 0.05) is 17.7 Å². The number of nitro groups is 1. The first-order chi connectivity index (χ1) is 10.1. The lowest BCUT2D eigenvalue weighted by atomic mass is 10.0. The van der Waals surface area contributed by atoms with Gasteiger partial charge in [0.15, 0.2) is 0 Å². The summed E-state index contributed by atoms with van der Waals surface area (Å²) in [5.74, 6) is 0.708. The van der Waals surface area contributed by atoms with Crippen LogP contribution in [0.3, 0.4) is 0 Å². The van der Waals surface area contributed by atoms with Crippen LogP contribution in [0.4, 0.5) is 5.69 Å². The Kier molecular flexibility index (Phi) is 5.47. The minimum absolute atomic E-state index is 0.0328. The number of nitro benzene ring substituents is 1. The van der Waals surface area contributed by atoms with E-state index in [-0.39, 0.29) is 29.0 Å². The summed E-state index contributed by atoms with van der Waals surface area (Å²) < 4.78 is 5.61. The second kappa shape index (κ2) is 7.33. The molecule has 21 heavy (non-hydrogen) atoms. The van der Waals surface area contributed by atoms with Gasteiger partial charge < -0.3 is 4.74 Å². The molecular weight excluding hydrogens is 310 g/mol. The molecule has 1 atom stereocenters. The average Bonchev–Trinajstić information content (AvgIpc) is 2.50. The van der Waals surface area contributed by atoms with Crippen LogP contribution in [-0.2, 0) is 0 Å². The normalized spacial score (nSPS) is 11.9. The standard InChI is InChI=1S/C15H14ClNO3S/c16-13-7-4-8-14(17(18)19)15(13)20-9-12(10-21)11-5-2-1-3-6-11/h1-8,12,21H,9-10H2. The van der Waals surface area contributed by atoms with Gasteiger partial charge in [0.2, 0.25) is 5.75 Å². The van der Waals surface area contributed by atoms with E-state index < -0.39 is 4.92 Å². The second-order valence-corrected chi connectivity index (χ2v) is 5.22. The minimum atomic E-state index is -0.501. The smallest absolute Gasteiger partial charge is 0.312 e. The molecular formula is C15H14ClNO3S. The van der Waals surface area contributed by atoms with E-state index >= 15 is 0 Å². The Bertz CT molecular complexity index is 622. The van der Waals surface area contributed by atoms with E-state index in [1.165, 1.54) is 12.1 Å². The number of nitrogens with zero attached hydrogens (tertiary/aromatic N) is 1. The van der Waals surface area contributed by atoms with Crippen LogP contribution in [0.5, 0.6) is 5.75 Å². The lowest BCUT2D eigenvalue weighted by molar-refractivity contribution is -0.385. The molecule has 2 aromatic rings. The van der Waals surface area contributed by atoms with Crippen LogP contribution < -0.4 is 4.74 Å². The fourth-order valence-electron chi connectivity index (χ4n) is 1.95. The monoisotopic (exact) mass is 323 g/mol. The summed E-state index contributed by atoms with van der Waals surface area (Å²) in [4.78, 5) is 10.5. The molecule has 0 saturated carbocycles. The van der Waals surface area contributed by atoms with Gasteiger partial charge in [0.25, 0.3) is 0 Å². The molecule has 0 spiro atoms. The molecule has 2 rings (SSSR count). The van der Waals surface area contributed by atoms with Crippen LogP contribution in [-0.4, -0.2) is 17.3 Å². The van der Waals surface area contributed by atoms with Crippen molar-refractivity contribution in [1.29, 1.82) is 0 Å². The quantitative estimate of drug-likeness (QED) is 0.489. The van der Waals surface area contributed by atoms with Crippen molar-refractivity contribution >= 4 is 29.9 Å². The van der Waals surface area contributed by atoms with E-state index in [4.69, 9.17) is 16.3 Å². The first-order valence-electron chi connectivity index (χ1n) is 6.35. The first-order valence-corrected chi connectivity index (χ1v) is 7.36. The van der Waals surface area contributed by atoms with Gasteiger partial charge in [-0.05, 0) is 11.6 Å². The third-order valence-electron chi connectivity index (χ3n) is 3.06. The molecule has 4 nitrogen and oxygen atoms in total. The summed E-state index contributed by atoms with van der Waals surface area (Å²) in [5, 5.41) is 11.2. The molecule has 2 aromatic carbocycles. The lowest BCUT2D eigenvalue weighted by Gasteiger charge is -2.16. The van der Waals surface area contributed by atoms with E-state index in [1.807, 2.05) is 30.3 Å². The topological polar surface area (TPSA) is 52.4 Å². The molecule has 0 heterocycles. The lowest BCUT2D eigenvalue weighted by Crippen LogP contribution is -2.12. The first kappa shape index (κ1) is 15.7. The molecule has 1 unspecified atom stereocenters. The fraction of sp³-hybridized carbons (Fsp3) is 0.200. The van der Waals surface area contributed by atoms with Gasteiger partial charge in [-0.25, -0.2) is 0 Å². The Morgan fingerprint density at radius 3 is 2.52 bits per heavy atom. The van der Waals surface area contributed by atoms with Gasteiger partial charge in [0.05, 0.1) is 16.6 Å². The molecule has 0 amide bonds. The van der Waals surface area contributed by atoms with Crippen molar-refractivity contribution in [3.05, 3.63) is 69.2 Å². The van der Waals surface area contributed by atoms with E-state index in [0.717, 1.165) is 5.56 Å². The summed E-state index contributed by atoms with van der Waals surface area (Å²) in [6.45, 7) is 0.276. The van der Waals surface area contributed by atoms with Crippen LogP contribution in [0, 0.1) is 10.1 Å². The molecule has 0 saturated heterocycles. The molecule has 0 bridgehead atoms. The number of para-hydroxylation sites is 1. The highest BCUT2D eigenvalue weighted by Gasteiger charge is 2.20. The largest absolute Gasteiger partial charge is 0.485 e. The van der Waals surface area contributed by atoms with Gasteiger partial charge in [0.1, 0.15) is 0 Å². The van der Waals surface area contributed by atoms with E-state index in [2.05, 4.69) is 12.6 Å². The zero-order valence-corrected chi connectivity index (χ0v) is 12.8. The maximum atomic E-state index is 11.0. The van der Waals surface area contributed by atoms with Crippen molar-refractivity contribution in [2.75, 3.05) is 12.4 Å². The second-order valence-electron chi connectivity index (χ2n) is 4.45. The molecule has 0 fully saturated rings. The van der Waals surface area contributed by atoms with Crippen molar-refractivity contribution in [2.45, 2.75) is 5.92 Å². The van der Waals surface area contributed by atoms with E-state index in [9.17, 15) is 10.1 Å². The number of benzene rings is 2. The molecule has 0 N–H and O–H groups in total. The van der Waals surface area contributed by atoms with Crippen molar-refractivity contribution in [3.8, 4) is 5.75 Å². The number of halogens is 1. The molecule has 110 valence electrons. The van der Waals surface area contributed by atoms with Gasteiger partial charge >= 0.3 is 5.69 Å². The molecule has 0 aromatic heterocycles. The van der Waals surface area contributed by atoms with Gasteiger partial charge in [-0.15, -0.1) is 0 Å². The zero-order valence-electron chi connectivity index (χ0n) is 11.1. The highest BCUT2D eigenvalue weighted by atomic mass is 35.5. The molecule has 0 radical (unpaired) electrons. The molecule has 0 aliphatic rings. The average molecular weight is 324 g/mol. The Hall–Kier alpha value is -1.72. The fourth-order valence-corrected chi connectivity index (χ4v) is 2.49. The highest BCUT2D eigenvalue weighted by Crippen LogP contribution is 2.35. The van der Waals surface area contributed by atoms with Crippen LogP contribution in [0.15, 0.2) is 48.5 Å². The van der Waals surface area contributed by atoms with Crippen molar-refractivity contribution in [3.63, 3.8) is 0 Å². The maximum Gasteiger partial charge on any atom is 0.312 e. The number of thiol groups is 1. The Labute approximate surface area is 133 Å². The van der Waals surface area contributed by atoms with Crippen LogP contribution in [0.2, 0.25) is 5.02 Å². The Morgan fingerprint density at radius 1 is 1.19 bits per heavy atom. The van der Waals surface area contributed by atoms with E-state index in [0.29, 0.717) is 5.75 Å². The number of hydrogen-bond acceptors (Lipinski definition) is 4. The summed E-state index contributed by atoms with van der Waals surface area (Å²) in [7, 11) is 0. The molecule has 6 heteroatoms. The van der Waals surface area contributed by atoms with Crippen molar-refractivity contribution in [1.82, 2.24) is 0 Å². The van der Waals surface area contributed by atoms with E-state index in [1.54, 1.807) is 6.07 Å². The van der Waals surface area contributed by atoms with Gasteiger partial charge in [-0.2, -0.15) is 12.6 Å². The third-order valence-corrected chi connectivity index (χ3v) is 3.80. The third kappa shape index (κ3) is 3.89. The number of hydrogen-bond donors (Lipinski definition) is 1. The Balaban J connectivity index is 2.17. The maximum absolute atomic E-state index is 11.0. The van der Waals surface area contributed by atoms with Crippen LogP contribution in [0.25, 0.3) is 0 Å². The highest BCUT2D eigenvalue weighted by molar-refractivity contribution is 7.80. The minimum Gasteiger partial charge on any atom is -0.485 e. The van der Waals surface area contributed by atoms with Crippen molar-refractivity contribution < 1.29 is 9.66 Å². The van der Waals surface area contributed by atoms with Gasteiger partial charge in [-0.3, -0.25) is 10.1 Å². The number of rotatable bonds is 6. The van der Waals surface area contributed by atoms with Crippen LogP contribution >= 0.6 is 24.2 Å². The molecule has 0 aliphatic carbocycles. The summed E-state index contributed by atoms with van der Waals surface area (Å²) in [6.07, 6.45) is 0. The Morgan fingerprint density at radius 2 is 1.90 bits per heavy atom. The molecule has 0 aliphatic heterocycles. The van der Waals surface area contributed by atoms with Crippen LogP contribution in [0.1, 0.15) is 11.5 Å². The summed E-state index contributed by atoms with van der Waals surface area (Å²) >= 11 is 10.3. The number of ether oxygens (including phenoxy) is 1. The predicted molar refractivity (Wildman–Crippen MR) is 86.6 cm³/mol. The summed E-state index contributed by atoms with van der Waals surface area (Å²) in [5.41, 5.74) is 0.940. The summed E-state index contributed by atoms with van der Waals surface area (Å²) in [6, 6.07) is 14.2. The SMILES string of the molecule is O=[N+]([O-])c1cccc(Cl)c1OCC(CS)c1ccccc1. The predicted octanol–water partition coefficient (Wildman–Crippen LogP) is 4.34. The van der Waals surface area contributed by atoms with Gasteiger partial charge in [-0.1, -0.05) is 48.0 Å².